The highest BCUT2D eigenvalue weighted by Crippen LogP contribution is 2.22. The van der Waals surface area contributed by atoms with Crippen LogP contribution in [-0.2, 0) is 11.3 Å². The molecule has 0 atom stereocenters. The second kappa shape index (κ2) is 8.57. The zero-order valence-electron chi connectivity index (χ0n) is 17.4. The predicted octanol–water partition coefficient (Wildman–Crippen LogP) is 2.45. The molecular formula is C23H26N4O3. The highest BCUT2D eigenvalue weighted by Gasteiger charge is 2.22. The molecule has 156 valence electrons. The molecule has 1 aliphatic heterocycles. The number of ether oxygens (including phenoxy) is 1. The van der Waals surface area contributed by atoms with Crippen LogP contribution in [-0.4, -0.2) is 53.6 Å². The van der Waals surface area contributed by atoms with Crippen LogP contribution in [0.1, 0.15) is 12.1 Å². The van der Waals surface area contributed by atoms with E-state index in [2.05, 4.69) is 16.0 Å². The van der Waals surface area contributed by atoms with Gasteiger partial charge >= 0.3 is 0 Å². The van der Waals surface area contributed by atoms with Gasteiger partial charge in [-0.1, -0.05) is 18.2 Å². The van der Waals surface area contributed by atoms with E-state index in [1.165, 1.54) is 0 Å². The Morgan fingerprint density at radius 1 is 1.07 bits per heavy atom. The summed E-state index contributed by atoms with van der Waals surface area (Å²) in [4.78, 5) is 33.9. The molecule has 0 spiro atoms. The number of hydrogen-bond donors (Lipinski definition) is 0. The number of methoxy groups -OCH3 is 1. The van der Waals surface area contributed by atoms with Gasteiger partial charge in [0.15, 0.2) is 0 Å². The standard InChI is InChI=1S/C23H26N4O3/c1-17-23(29)27(21-9-4-3-8-20(21)24-17)11-10-22(28)26-14-12-25(13-15-26)18-6-5-7-19(16-18)30-2/h3-9,16H,10-15H2,1-2H3. The van der Waals surface area contributed by atoms with Crippen molar-refractivity contribution in [3.63, 3.8) is 0 Å². The number of hydrogen-bond acceptors (Lipinski definition) is 5. The van der Waals surface area contributed by atoms with Crippen molar-refractivity contribution in [1.29, 1.82) is 0 Å². The molecule has 0 N–H and O–H groups in total. The zero-order chi connectivity index (χ0) is 21.1. The lowest BCUT2D eigenvalue weighted by Crippen LogP contribution is -2.49. The van der Waals surface area contributed by atoms with E-state index in [4.69, 9.17) is 4.74 Å². The average molecular weight is 406 g/mol. The van der Waals surface area contributed by atoms with Gasteiger partial charge in [-0.05, 0) is 31.2 Å². The van der Waals surface area contributed by atoms with Gasteiger partial charge in [0.2, 0.25) is 5.91 Å². The Bertz CT molecular complexity index is 1120. The number of anilines is 1. The van der Waals surface area contributed by atoms with E-state index in [-0.39, 0.29) is 11.5 Å². The fraction of sp³-hybridized carbons (Fsp3) is 0.348. The van der Waals surface area contributed by atoms with E-state index in [0.717, 1.165) is 35.6 Å². The van der Waals surface area contributed by atoms with Crippen LogP contribution < -0.4 is 15.2 Å². The largest absolute Gasteiger partial charge is 0.497 e. The van der Waals surface area contributed by atoms with Gasteiger partial charge in [0.1, 0.15) is 11.4 Å². The van der Waals surface area contributed by atoms with E-state index < -0.39 is 0 Å². The molecule has 7 nitrogen and oxygen atoms in total. The second-order valence-corrected chi connectivity index (χ2v) is 7.46. The minimum absolute atomic E-state index is 0.0748. The summed E-state index contributed by atoms with van der Waals surface area (Å²) in [6, 6.07) is 15.5. The molecule has 7 heteroatoms. The third-order valence-electron chi connectivity index (χ3n) is 5.62. The summed E-state index contributed by atoms with van der Waals surface area (Å²) in [6.45, 7) is 4.96. The first-order valence-electron chi connectivity index (χ1n) is 10.2. The van der Waals surface area contributed by atoms with Crippen LogP contribution in [0, 0.1) is 6.92 Å². The number of nitrogens with zero attached hydrogens (tertiary/aromatic N) is 4. The third kappa shape index (κ3) is 4.01. The fourth-order valence-corrected chi connectivity index (χ4v) is 3.93. The summed E-state index contributed by atoms with van der Waals surface area (Å²) < 4.78 is 6.97. The highest BCUT2D eigenvalue weighted by atomic mass is 16.5. The summed E-state index contributed by atoms with van der Waals surface area (Å²) >= 11 is 0. The van der Waals surface area contributed by atoms with Crippen molar-refractivity contribution in [3.05, 3.63) is 64.6 Å². The number of carbonyl (C=O) groups is 1. The van der Waals surface area contributed by atoms with E-state index in [1.54, 1.807) is 18.6 Å². The number of aromatic nitrogens is 2. The van der Waals surface area contributed by atoms with Gasteiger partial charge < -0.3 is 19.1 Å². The molecule has 1 fully saturated rings. The van der Waals surface area contributed by atoms with Crippen LogP contribution in [0.2, 0.25) is 0 Å². The molecule has 1 saturated heterocycles. The normalized spacial score (nSPS) is 14.2. The van der Waals surface area contributed by atoms with Crippen molar-refractivity contribution in [2.24, 2.45) is 0 Å². The zero-order valence-corrected chi connectivity index (χ0v) is 17.4. The Kier molecular flexibility index (Phi) is 5.70. The maximum absolute atomic E-state index is 12.8. The molecule has 1 aromatic heterocycles. The van der Waals surface area contributed by atoms with Gasteiger partial charge in [0.05, 0.1) is 18.1 Å². The number of para-hydroxylation sites is 2. The predicted molar refractivity (Wildman–Crippen MR) is 117 cm³/mol. The summed E-state index contributed by atoms with van der Waals surface area (Å²) in [7, 11) is 1.66. The summed E-state index contributed by atoms with van der Waals surface area (Å²) in [6.07, 6.45) is 0.298. The first-order chi connectivity index (χ1) is 14.6. The third-order valence-corrected chi connectivity index (χ3v) is 5.62. The summed E-state index contributed by atoms with van der Waals surface area (Å²) in [5.41, 5.74) is 2.96. The molecule has 1 amide bonds. The van der Waals surface area contributed by atoms with Gasteiger partial charge in [-0.2, -0.15) is 0 Å². The van der Waals surface area contributed by atoms with Crippen LogP contribution >= 0.6 is 0 Å². The molecule has 1 aliphatic rings. The number of amides is 1. The number of rotatable bonds is 5. The van der Waals surface area contributed by atoms with Gasteiger partial charge in [-0.3, -0.25) is 9.59 Å². The van der Waals surface area contributed by atoms with Gasteiger partial charge in [-0.15, -0.1) is 0 Å². The Labute approximate surface area is 175 Å². The minimum Gasteiger partial charge on any atom is -0.497 e. The molecule has 3 aromatic rings. The van der Waals surface area contributed by atoms with Crippen LogP contribution in [0.5, 0.6) is 5.75 Å². The van der Waals surface area contributed by atoms with Gasteiger partial charge in [-0.25, -0.2) is 4.98 Å². The minimum atomic E-state index is -0.135. The maximum Gasteiger partial charge on any atom is 0.272 e. The molecule has 0 radical (unpaired) electrons. The Morgan fingerprint density at radius 3 is 2.60 bits per heavy atom. The van der Waals surface area contributed by atoms with E-state index in [1.807, 2.05) is 47.4 Å². The molecule has 30 heavy (non-hydrogen) atoms. The highest BCUT2D eigenvalue weighted by molar-refractivity contribution is 5.77. The lowest BCUT2D eigenvalue weighted by molar-refractivity contribution is -0.131. The number of benzene rings is 2. The SMILES string of the molecule is COc1cccc(N2CCN(C(=O)CCn3c(=O)c(C)nc4ccccc43)CC2)c1. The van der Waals surface area contributed by atoms with Crippen LogP contribution in [0.15, 0.2) is 53.3 Å². The fourth-order valence-electron chi connectivity index (χ4n) is 3.93. The molecule has 0 unspecified atom stereocenters. The van der Waals surface area contributed by atoms with Gasteiger partial charge in [0, 0.05) is 50.9 Å². The van der Waals surface area contributed by atoms with Gasteiger partial charge in [0.25, 0.3) is 5.56 Å². The van der Waals surface area contributed by atoms with Crippen molar-refractivity contribution < 1.29 is 9.53 Å². The van der Waals surface area contributed by atoms with Crippen LogP contribution in [0.25, 0.3) is 11.0 Å². The first kappa shape index (κ1) is 19.9. The topological polar surface area (TPSA) is 67.7 Å². The Morgan fingerprint density at radius 2 is 1.83 bits per heavy atom. The first-order valence-corrected chi connectivity index (χ1v) is 10.2. The molecular weight excluding hydrogens is 380 g/mol. The lowest BCUT2D eigenvalue weighted by Gasteiger charge is -2.36. The number of piperazine rings is 1. The van der Waals surface area contributed by atoms with Crippen molar-refractivity contribution in [2.45, 2.75) is 19.9 Å². The number of carbonyl (C=O) groups excluding carboxylic acids is 1. The quantitative estimate of drug-likeness (QED) is 0.651. The smallest absolute Gasteiger partial charge is 0.272 e. The molecule has 2 heterocycles. The average Bonchev–Trinajstić information content (AvgIpc) is 2.79. The molecule has 4 rings (SSSR count). The Balaban J connectivity index is 1.40. The monoisotopic (exact) mass is 406 g/mol. The van der Waals surface area contributed by atoms with Crippen LogP contribution in [0.3, 0.4) is 0 Å². The lowest BCUT2D eigenvalue weighted by atomic mass is 10.2. The maximum atomic E-state index is 12.8. The van der Waals surface area contributed by atoms with E-state index in [9.17, 15) is 9.59 Å². The van der Waals surface area contributed by atoms with Crippen LogP contribution in [0.4, 0.5) is 5.69 Å². The Hall–Kier alpha value is -3.35. The van der Waals surface area contributed by atoms with Crippen molar-refractivity contribution in [1.82, 2.24) is 14.5 Å². The number of aryl methyl sites for hydroxylation is 2. The number of fused-ring (bicyclic) bond motifs is 1. The second-order valence-electron chi connectivity index (χ2n) is 7.46. The van der Waals surface area contributed by atoms with Crippen molar-refractivity contribution >= 4 is 22.6 Å². The van der Waals surface area contributed by atoms with Crippen molar-refractivity contribution in [3.8, 4) is 5.75 Å². The summed E-state index contributed by atoms with van der Waals surface area (Å²) in [5, 5.41) is 0. The molecule has 2 aromatic carbocycles. The van der Waals surface area contributed by atoms with E-state index >= 15 is 0 Å². The molecule has 0 saturated carbocycles. The summed E-state index contributed by atoms with van der Waals surface area (Å²) in [5.74, 6) is 0.905. The molecule has 0 aliphatic carbocycles. The van der Waals surface area contributed by atoms with E-state index in [0.29, 0.717) is 31.7 Å². The van der Waals surface area contributed by atoms with Crippen molar-refractivity contribution in [2.75, 3.05) is 38.2 Å². The molecule has 0 bridgehead atoms.